The highest BCUT2D eigenvalue weighted by Gasteiger charge is 2.23. The van der Waals surface area contributed by atoms with Crippen LogP contribution in [0.2, 0.25) is 10.0 Å². The van der Waals surface area contributed by atoms with Crippen LogP contribution in [0.5, 0.6) is 0 Å². The van der Waals surface area contributed by atoms with Crippen LogP contribution in [-0.4, -0.2) is 17.4 Å². The van der Waals surface area contributed by atoms with Gasteiger partial charge in [-0.2, -0.15) is 0 Å². The fraction of sp³-hybridized carbons (Fsp3) is 0.235. The number of nitrogens with zero attached hydrogens (tertiary/aromatic N) is 1. The highest BCUT2D eigenvalue weighted by Crippen LogP contribution is 2.25. The van der Waals surface area contributed by atoms with Crippen LogP contribution < -0.4 is 5.32 Å². The van der Waals surface area contributed by atoms with Crippen molar-refractivity contribution in [2.45, 2.75) is 19.3 Å². The molecule has 0 fully saturated rings. The number of benzene rings is 2. The lowest BCUT2D eigenvalue weighted by molar-refractivity contribution is -0.384. The van der Waals surface area contributed by atoms with Crippen LogP contribution in [0.25, 0.3) is 0 Å². The summed E-state index contributed by atoms with van der Waals surface area (Å²) in [6, 6.07) is 11.2. The Balaban J connectivity index is 2.14. The third kappa shape index (κ3) is 4.24. The first-order valence-electron chi connectivity index (χ1n) is 7.19. The van der Waals surface area contributed by atoms with E-state index in [1.165, 1.54) is 18.2 Å². The second kappa shape index (κ2) is 7.20. The number of carbonyl (C=O) groups is 1. The Bertz CT molecular complexity index is 774. The standard InChI is InChI=1S/C17H16Cl2N2O3/c1-17(2,11-3-5-12(18)6-4-11)10-20-16(22)14-9-13(21(23)24)7-8-15(14)19/h3-9H,10H2,1-2H3,(H,20,22). The minimum atomic E-state index is -0.565. The average Bonchev–Trinajstić information content (AvgIpc) is 2.53. The zero-order valence-corrected chi connectivity index (χ0v) is 14.7. The Labute approximate surface area is 149 Å². The Hall–Kier alpha value is -2.11. The molecule has 0 heterocycles. The van der Waals surface area contributed by atoms with E-state index < -0.39 is 10.8 Å². The number of hydrogen-bond donors (Lipinski definition) is 1. The van der Waals surface area contributed by atoms with E-state index in [9.17, 15) is 14.9 Å². The Morgan fingerprint density at radius 3 is 2.38 bits per heavy atom. The van der Waals surface area contributed by atoms with Crippen LogP contribution in [0, 0.1) is 10.1 Å². The van der Waals surface area contributed by atoms with E-state index in [2.05, 4.69) is 5.32 Å². The zero-order valence-electron chi connectivity index (χ0n) is 13.2. The maximum absolute atomic E-state index is 12.3. The van der Waals surface area contributed by atoms with Gasteiger partial charge < -0.3 is 5.32 Å². The summed E-state index contributed by atoms with van der Waals surface area (Å²) in [6.45, 7) is 4.30. The van der Waals surface area contributed by atoms with Crippen LogP contribution in [0.4, 0.5) is 5.69 Å². The quantitative estimate of drug-likeness (QED) is 0.620. The van der Waals surface area contributed by atoms with Crippen molar-refractivity contribution in [2.75, 3.05) is 6.54 Å². The summed E-state index contributed by atoms with van der Waals surface area (Å²) in [5.74, 6) is -0.453. The fourth-order valence-corrected chi connectivity index (χ4v) is 2.53. The van der Waals surface area contributed by atoms with Crippen LogP contribution in [0.15, 0.2) is 42.5 Å². The van der Waals surface area contributed by atoms with Gasteiger partial charge in [-0.3, -0.25) is 14.9 Å². The third-order valence-corrected chi connectivity index (χ3v) is 4.30. The van der Waals surface area contributed by atoms with E-state index in [-0.39, 0.29) is 21.7 Å². The van der Waals surface area contributed by atoms with Crippen molar-refractivity contribution >= 4 is 34.8 Å². The monoisotopic (exact) mass is 366 g/mol. The molecule has 0 radical (unpaired) electrons. The van der Waals surface area contributed by atoms with Crippen molar-refractivity contribution in [1.82, 2.24) is 5.32 Å². The van der Waals surface area contributed by atoms with Crippen molar-refractivity contribution in [3.05, 3.63) is 73.8 Å². The molecule has 24 heavy (non-hydrogen) atoms. The summed E-state index contributed by atoms with van der Waals surface area (Å²) >= 11 is 11.9. The van der Waals surface area contributed by atoms with Crippen molar-refractivity contribution < 1.29 is 9.72 Å². The van der Waals surface area contributed by atoms with Crippen molar-refractivity contribution in [3.63, 3.8) is 0 Å². The van der Waals surface area contributed by atoms with E-state index in [1.807, 2.05) is 26.0 Å². The van der Waals surface area contributed by atoms with Gasteiger partial charge in [-0.05, 0) is 23.8 Å². The van der Waals surface area contributed by atoms with Crippen molar-refractivity contribution in [2.24, 2.45) is 0 Å². The van der Waals surface area contributed by atoms with Crippen LogP contribution in [-0.2, 0) is 5.41 Å². The number of nitro groups is 1. The normalized spacial score (nSPS) is 11.2. The molecule has 0 saturated carbocycles. The van der Waals surface area contributed by atoms with Gasteiger partial charge in [0.05, 0.1) is 15.5 Å². The molecule has 0 saturated heterocycles. The van der Waals surface area contributed by atoms with Gasteiger partial charge in [0.25, 0.3) is 11.6 Å². The predicted molar refractivity (Wildman–Crippen MR) is 94.9 cm³/mol. The largest absolute Gasteiger partial charge is 0.351 e. The third-order valence-electron chi connectivity index (χ3n) is 3.72. The molecule has 0 aromatic heterocycles. The van der Waals surface area contributed by atoms with Gasteiger partial charge >= 0.3 is 0 Å². The first-order valence-corrected chi connectivity index (χ1v) is 7.94. The summed E-state index contributed by atoms with van der Waals surface area (Å²) in [7, 11) is 0. The highest BCUT2D eigenvalue weighted by molar-refractivity contribution is 6.34. The Morgan fingerprint density at radius 1 is 1.17 bits per heavy atom. The molecule has 0 aliphatic heterocycles. The first-order chi connectivity index (χ1) is 11.2. The van der Waals surface area contributed by atoms with E-state index >= 15 is 0 Å². The fourth-order valence-electron chi connectivity index (χ4n) is 2.20. The lowest BCUT2D eigenvalue weighted by Gasteiger charge is -2.25. The molecule has 0 unspecified atom stereocenters. The van der Waals surface area contributed by atoms with Crippen molar-refractivity contribution in [1.29, 1.82) is 0 Å². The second-order valence-corrected chi connectivity index (χ2v) is 6.84. The molecule has 7 heteroatoms. The second-order valence-electron chi connectivity index (χ2n) is 5.99. The van der Waals surface area contributed by atoms with Gasteiger partial charge in [0.2, 0.25) is 0 Å². The molecule has 2 aromatic carbocycles. The summed E-state index contributed by atoms with van der Waals surface area (Å²) < 4.78 is 0. The Morgan fingerprint density at radius 2 is 1.79 bits per heavy atom. The molecule has 0 bridgehead atoms. The van der Waals surface area contributed by atoms with Gasteiger partial charge in [0.15, 0.2) is 0 Å². The van der Waals surface area contributed by atoms with E-state index in [0.29, 0.717) is 11.6 Å². The first kappa shape index (κ1) is 18.2. The number of nitrogens with one attached hydrogen (secondary N) is 1. The lowest BCUT2D eigenvalue weighted by Crippen LogP contribution is -2.36. The molecule has 1 N–H and O–H groups in total. The van der Waals surface area contributed by atoms with E-state index in [1.54, 1.807) is 12.1 Å². The summed E-state index contributed by atoms with van der Waals surface area (Å²) in [5, 5.41) is 14.4. The van der Waals surface area contributed by atoms with Crippen molar-refractivity contribution in [3.8, 4) is 0 Å². The molecule has 126 valence electrons. The van der Waals surface area contributed by atoms with Gasteiger partial charge in [-0.1, -0.05) is 49.2 Å². The van der Waals surface area contributed by atoms with E-state index in [4.69, 9.17) is 23.2 Å². The lowest BCUT2D eigenvalue weighted by atomic mass is 9.84. The minimum Gasteiger partial charge on any atom is -0.351 e. The number of rotatable bonds is 5. The predicted octanol–water partition coefficient (Wildman–Crippen LogP) is 4.61. The topological polar surface area (TPSA) is 72.2 Å². The molecular weight excluding hydrogens is 351 g/mol. The molecule has 0 aliphatic carbocycles. The Kier molecular flexibility index (Phi) is 5.47. The molecule has 0 spiro atoms. The van der Waals surface area contributed by atoms with Gasteiger partial charge in [0.1, 0.15) is 0 Å². The molecule has 0 aliphatic rings. The number of hydrogen-bond acceptors (Lipinski definition) is 3. The maximum atomic E-state index is 12.3. The molecule has 5 nitrogen and oxygen atoms in total. The van der Waals surface area contributed by atoms with Crippen LogP contribution in [0.3, 0.4) is 0 Å². The van der Waals surface area contributed by atoms with E-state index in [0.717, 1.165) is 5.56 Å². The van der Waals surface area contributed by atoms with Gasteiger partial charge in [-0.25, -0.2) is 0 Å². The molecule has 0 atom stereocenters. The summed E-state index contributed by atoms with van der Waals surface area (Å²) in [6.07, 6.45) is 0. The summed E-state index contributed by atoms with van der Waals surface area (Å²) in [4.78, 5) is 22.6. The zero-order chi connectivity index (χ0) is 17.9. The number of amides is 1. The number of halogens is 2. The minimum absolute atomic E-state index is 0.0813. The molecular formula is C17H16Cl2N2O3. The smallest absolute Gasteiger partial charge is 0.270 e. The number of nitro benzene ring substituents is 1. The molecule has 2 aromatic rings. The van der Waals surface area contributed by atoms with Crippen LogP contribution in [0.1, 0.15) is 29.8 Å². The molecule has 1 amide bonds. The number of carbonyl (C=O) groups excluding carboxylic acids is 1. The summed E-state index contributed by atoms with van der Waals surface area (Å²) in [5.41, 5.74) is 0.574. The SMILES string of the molecule is CC(C)(CNC(=O)c1cc([N+](=O)[O-])ccc1Cl)c1ccc(Cl)cc1. The molecule has 2 rings (SSSR count). The average molecular weight is 367 g/mol. The van der Waals surface area contributed by atoms with Gasteiger partial charge in [-0.15, -0.1) is 0 Å². The number of non-ortho nitro benzene ring substituents is 1. The highest BCUT2D eigenvalue weighted by atomic mass is 35.5. The van der Waals surface area contributed by atoms with Gasteiger partial charge in [0, 0.05) is 29.1 Å². The maximum Gasteiger partial charge on any atom is 0.270 e. The van der Waals surface area contributed by atoms with Crippen LogP contribution >= 0.6 is 23.2 Å².